The number of carbonyl (C=O) groups excluding carboxylic acids is 2. The van der Waals surface area contributed by atoms with Crippen LogP contribution in [0, 0.1) is 11.3 Å². The predicted octanol–water partition coefficient (Wildman–Crippen LogP) is 3.76. The number of aromatic hydroxyl groups is 1. The van der Waals surface area contributed by atoms with Gasteiger partial charge < -0.3 is 15.7 Å². The van der Waals surface area contributed by atoms with Crippen molar-refractivity contribution in [3.63, 3.8) is 0 Å². The van der Waals surface area contributed by atoms with Gasteiger partial charge in [0, 0.05) is 23.5 Å². The summed E-state index contributed by atoms with van der Waals surface area (Å²) in [7, 11) is 0. The third-order valence-corrected chi connectivity index (χ3v) is 6.59. The van der Waals surface area contributed by atoms with Crippen LogP contribution in [0.4, 0.5) is 0 Å². The summed E-state index contributed by atoms with van der Waals surface area (Å²) >= 11 is 1.60. The molecule has 3 N–H and O–H groups in total. The van der Waals surface area contributed by atoms with Crippen molar-refractivity contribution in [2.24, 2.45) is 11.3 Å². The molecule has 1 aromatic heterocycles. The first-order valence-corrected chi connectivity index (χ1v) is 10.5. The molecule has 1 unspecified atom stereocenters. The summed E-state index contributed by atoms with van der Waals surface area (Å²) in [4.78, 5) is 26.6. The molecule has 0 bridgehead atoms. The van der Waals surface area contributed by atoms with Crippen LogP contribution >= 0.6 is 11.3 Å². The number of hydrogen-bond donors (Lipinski definition) is 3. The van der Waals surface area contributed by atoms with Gasteiger partial charge in [-0.3, -0.25) is 9.59 Å². The number of nitrogens with one attached hydrogen (secondary N) is 2. The van der Waals surface area contributed by atoms with Gasteiger partial charge in [0.1, 0.15) is 5.75 Å². The molecule has 0 aliphatic heterocycles. The van der Waals surface area contributed by atoms with Crippen molar-refractivity contribution in [1.29, 1.82) is 0 Å². The molecule has 5 nitrogen and oxygen atoms in total. The minimum absolute atomic E-state index is 0.0782. The van der Waals surface area contributed by atoms with E-state index in [1.807, 2.05) is 6.07 Å². The van der Waals surface area contributed by atoms with Crippen molar-refractivity contribution in [3.05, 3.63) is 51.2 Å². The van der Waals surface area contributed by atoms with Gasteiger partial charge in [0.25, 0.3) is 11.8 Å². The maximum absolute atomic E-state index is 12.5. The van der Waals surface area contributed by atoms with E-state index >= 15 is 0 Å². The number of fused-ring (bicyclic) bond motifs is 1. The smallest absolute Gasteiger partial charge is 0.261 e. The molecule has 0 radical (unpaired) electrons. The Morgan fingerprint density at radius 2 is 1.75 bits per heavy atom. The molecule has 6 heteroatoms. The Bertz CT molecular complexity index is 850. The molecule has 0 spiro atoms. The second kappa shape index (κ2) is 8.35. The molecule has 3 rings (SSSR count). The topological polar surface area (TPSA) is 78.4 Å². The molecular weight excluding hydrogens is 372 g/mol. The molecule has 150 valence electrons. The van der Waals surface area contributed by atoms with Gasteiger partial charge in [-0.25, -0.2) is 0 Å². The molecule has 2 aromatic rings. The highest BCUT2D eigenvalue weighted by molar-refractivity contribution is 7.14. The summed E-state index contributed by atoms with van der Waals surface area (Å²) in [6.45, 7) is 7.58. The van der Waals surface area contributed by atoms with Crippen LogP contribution in [0.1, 0.15) is 57.7 Å². The van der Waals surface area contributed by atoms with E-state index < -0.39 is 0 Å². The first kappa shape index (κ1) is 20.4. The summed E-state index contributed by atoms with van der Waals surface area (Å²) in [5, 5.41) is 14.9. The molecule has 28 heavy (non-hydrogen) atoms. The molecule has 1 aliphatic rings. The lowest BCUT2D eigenvalue weighted by molar-refractivity contribution is 0.0929. The number of phenols is 1. The number of thiophene rings is 1. The Hall–Kier alpha value is -2.34. The first-order chi connectivity index (χ1) is 13.2. The van der Waals surface area contributed by atoms with Gasteiger partial charge in [-0.15, -0.1) is 11.3 Å². The van der Waals surface area contributed by atoms with Crippen molar-refractivity contribution in [2.45, 2.75) is 40.0 Å². The Balaban J connectivity index is 1.48. The number of amides is 2. The van der Waals surface area contributed by atoms with E-state index in [0.29, 0.717) is 24.6 Å². The standard InChI is InChI=1S/C22H28N2O3S/c1-22(2,3)16-6-9-18-15(12-16)13-19(28-18)21(27)24-11-10-23-20(26)14-4-7-17(25)8-5-14/h4-5,7-8,13,16,25H,6,9-12H2,1-3H3,(H,23,26)(H,24,27). The number of phenolic OH excluding ortho intramolecular Hbond substituents is 1. The fourth-order valence-corrected chi connectivity index (χ4v) is 4.65. The summed E-state index contributed by atoms with van der Waals surface area (Å²) in [5.74, 6) is 0.469. The van der Waals surface area contributed by atoms with Crippen LogP contribution in [-0.2, 0) is 12.8 Å². The second-order valence-corrected chi connectivity index (χ2v) is 9.56. The van der Waals surface area contributed by atoms with Gasteiger partial charge in [-0.1, -0.05) is 20.8 Å². The maximum atomic E-state index is 12.5. The van der Waals surface area contributed by atoms with Gasteiger partial charge in [-0.2, -0.15) is 0 Å². The number of hydrogen-bond acceptors (Lipinski definition) is 4. The van der Waals surface area contributed by atoms with Crippen molar-refractivity contribution in [2.75, 3.05) is 13.1 Å². The molecule has 0 saturated carbocycles. The summed E-state index contributed by atoms with van der Waals surface area (Å²) in [6.07, 6.45) is 3.28. The minimum atomic E-state index is -0.228. The van der Waals surface area contributed by atoms with Crippen molar-refractivity contribution in [1.82, 2.24) is 10.6 Å². The lowest BCUT2D eigenvalue weighted by Gasteiger charge is -2.33. The van der Waals surface area contributed by atoms with Gasteiger partial charge in [0.05, 0.1) is 4.88 Å². The Labute approximate surface area is 170 Å². The zero-order valence-corrected chi connectivity index (χ0v) is 17.5. The highest BCUT2D eigenvalue weighted by Crippen LogP contribution is 2.40. The van der Waals surface area contributed by atoms with Crippen molar-refractivity contribution in [3.8, 4) is 5.75 Å². The fraction of sp³-hybridized carbons (Fsp3) is 0.455. The maximum Gasteiger partial charge on any atom is 0.261 e. The van der Waals surface area contributed by atoms with Crippen LogP contribution in [0.15, 0.2) is 30.3 Å². The van der Waals surface area contributed by atoms with Crippen LogP contribution in [0.2, 0.25) is 0 Å². The zero-order chi connectivity index (χ0) is 20.3. The third-order valence-electron chi connectivity index (χ3n) is 5.36. The molecule has 1 atom stereocenters. The van der Waals surface area contributed by atoms with E-state index in [1.54, 1.807) is 23.5 Å². The Morgan fingerprint density at radius 3 is 2.39 bits per heavy atom. The van der Waals surface area contributed by atoms with Crippen LogP contribution in [0.3, 0.4) is 0 Å². The summed E-state index contributed by atoms with van der Waals surface area (Å²) in [6, 6.07) is 8.11. The predicted molar refractivity (Wildman–Crippen MR) is 112 cm³/mol. The van der Waals surface area contributed by atoms with E-state index in [0.717, 1.165) is 17.7 Å². The quantitative estimate of drug-likeness (QED) is 0.669. The molecule has 1 aromatic carbocycles. The van der Waals surface area contributed by atoms with Gasteiger partial charge in [0.15, 0.2) is 0 Å². The van der Waals surface area contributed by atoms with Gasteiger partial charge >= 0.3 is 0 Å². The Kier molecular flexibility index (Phi) is 6.08. The average Bonchev–Trinajstić information content (AvgIpc) is 3.08. The van der Waals surface area contributed by atoms with Crippen LogP contribution in [0.5, 0.6) is 5.75 Å². The number of rotatable bonds is 5. The summed E-state index contributed by atoms with van der Waals surface area (Å²) < 4.78 is 0. The highest BCUT2D eigenvalue weighted by Gasteiger charge is 2.30. The van der Waals surface area contributed by atoms with Crippen LogP contribution in [0.25, 0.3) is 0 Å². The van der Waals surface area contributed by atoms with Crippen molar-refractivity contribution < 1.29 is 14.7 Å². The van der Waals surface area contributed by atoms with Crippen LogP contribution < -0.4 is 10.6 Å². The molecule has 0 saturated heterocycles. The Morgan fingerprint density at radius 1 is 1.11 bits per heavy atom. The van der Waals surface area contributed by atoms with E-state index in [4.69, 9.17) is 0 Å². The van der Waals surface area contributed by atoms with Gasteiger partial charge in [0.2, 0.25) is 0 Å². The lowest BCUT2D eigenvalue weighted by Crippen LogP contribution is -2.34. The molecule has 2 amide bonds. The number of carbonyl (C=O) groups is 2. The van der Waals surface area contributed by atoms with Gasteiger partial charge in [-0.05, 0) is 66.5 Å². The van der Waals surface area contributed by atoms with E-state index in [1.165, 1.54) is 29.0 Å². The molecule has 0 fully saturated rings. The lowest BCUT2D eigenvalue weighted by atomic mass is 9.72. The SMILES string of the molecule is CC(C)(C)C1CCc2sc(C(=O)NCCNC(=O)c3ccc(O)cc3)cc2C1. The molecule has 1 heterocycles. The van der Waals surface area contributed by atoms with E-state index in [2.05, 4.69) is 31.4 Å². The number of aryl methyl sites for hydroxylation is 1. The van der Waals surface area contributed by atoms with E-state index in [-0.39, 0.29) is 23.0 Å². The molecular formula is C22H28N2O3S. The first-order valence-electron chi connectivity index (χ1n) is 9.71. The third kappa shape index (κ3) is 4.93. The zero-order valence-electron chi connectivity index (χ0n) is 16.7. The van der Waals surface area contributed by atoms with E-state index in [9.17, 15) is 14.7 Å². The monoisotopic (exact) mass is 400 g/mol. The fourth-order valence-electron chi connectivity index (χ4n) is 3.53. The molecule has 1 aliphatic carbocycles. The highest BCUT2D eigenvalue weighted by atomic mass is 32.1. The largest absolute Gasteiger partial charge is 0.508 e. The van der Waals surface area contributed by atoms with Crippen molar-refractivity contribution >= 4 is 23.2 Å². The second-order valence-electron chi connectivity index (χ2n) is 8.42. The summed E-state index contributed by atoms with van der Waals surface area (Å²) in [5.41, 5.74) is 2.09. The average molecular weight is 401 g/mol. The minimum Gasteiger partial charge on any atom is -0.508 e. The number of benzene rings is 1. The van der Waals surface area contributed by atoms with Crippen LogP contribution in [-0.4, -0.2) is 30.0 Å². The normalized spacial score (nSPS) is 16.3.